The molecule has 6 heteroatoms. The molecule has 0 aromatic carbocycles. The maximum Gasteiger partial charge on any atom is 0.326 e. The van der Waals surface area contributed by atoms with Gasteiger partial charge in [-0.2, -0.15) is 0 Å². The van der Waals surface area contributed by atoms with Crippen LogP contribution in [0.4, 0.5) is 0 Å². The summed E-state index contributed by atoms with van der Waals surface area (Å²) in [6.07, 6.45) is 1.98. The van der Waals surface area contributed by atoms with E-state index in [-0.39, 0.29) is 12.5 Å². The van der Waals surface area contributed by atoms with E-state index < -0.39 is 23.3 Å². The summed E-state index contributed by atoms with van der Waals surface area (Å²) >= 11 is 0. The SMILES string of the molecule is CCCC[C@H](NC(=O)CNC(=O)C(C)(C)C)C(=O)O. The lowest BCUT2D eigenvalue weighted by Crippen LogP contribution is -2.47. The van der Waals surface area contributed by atoms with Crippen molar-refractivity contribution in [3.05, 3.63) is 0 Å². The van der Waals surface area contributed by atoms with E-state index in [1.807, 2.05) is 6.92 Å². The molecule has 0 aliphatic rings. The van der Waals surface area contributed by atoms with E-state index in [9.17, 15) is 14.4 Å². The van der Waals surface area contributed by atoms with Gasteiger partial charge in [-0.25, -0.2) is 4.79 Å². The molecule has 2 amide bonds. The molecule has 0 radical (unpaired) electrons. The monoisotopic (exact) mass is 272 g/mol. The van der Waals surface area contributed by atoms with Crippen molar-refractivity contribution in [2.45, 2.75) is 53.0 Å². The Morgan fingerprint density at radius 2 is 1.79 bits per heavy atom. The normalized spacial score (nSPS) is 12.6. The van der Waals surface area contributed by atoms with Crippen LogP contribution in [0.5, 0.6) is 0 Å². The largest absolute Gasteiger partial charge is 0.480 e. The first-order chi connectivity index (χ1) is 8.68. The Morgan fingerprint density at radius 3 is 2.21 bits per heavy atom. The third-order valence-corrected chi connectivity index (χ3v) is 2.57. The Balaban J connectivity index is 4.21. The van der Waals surface area contributed by atoms with Gasteiger partial charge in [-0.1, -0.05) is 40.5 Å². The molecule has 0 saturated heterocycles. The maximum absolute atomic E-state index is 11.6. The minimum Gasteiger partial charge on any atom is -0.480 e. The second-order valence-electron chi connectivity index (χ2n) is 5.53. The van der Waals surface area contributed by atoms with E-state index in [1.54, 1.807) is 20.8 Å². The van der Waals surface area contributed by atoms with Crippen molar-refractivity contribution in [2.75, 3.05) is 6.54 Å². The van der Waals surface area contributed by atoms with Gasteiger partial charge in [0.05, 0.1) is 6.54 Å². The number of amides is 2. The van der Waals surface area contributed by atoms with Crippen LogP contribution in [-0.4, -0.2) is 35.5 Å². The summed E-state index contributed by atoms with van der Waals surface area (Å²) in [4.78, 5) is 34.1. The van der Waals surface area contributed by atoms with Crippen molar-refractivity contribution in [3.63, 3.8) is 0 Å². The molecule has 1 atom stereocenters. The quantitative estimate of drug-likeness (QED) is 0.642. The highest BCUT2D eigenvalue weighted by Crippen LogP contribution is 2.11. The third kappa shape index (κ3) is 7.43. The Kier molecular flexibility index (Phi) is 7.11. The molecule has 0 saturated carbocycles. The van der Waals surface area contributed by atoms with Gasteiger partial charge in [-0.3, -0.25) is 9.59 Å². The lowest BCUT2D eigenvalue weighted by molar-refractivity contribution is -0.142. The molecule has 0 bridgehead atoms. The average molecular weight is 272 g/mol. The van der Waals surface area contributed by atoms with Crippen LogP contribution in [0.1, 0.15) is 47.0 Å². The molecule has 0 aliphatic heterocycles. The maximum atomic E-state index is 11.6. The highest BCUT2D eigenvalue weighted by atomic mass is 16.4. The number of hydrogen-bond donors (Lipinski definition) is 3. The molecule has 0 heterocycles. The molecular formula is C13H24N2O4. The zero-order valence-corrected chi connectivity index (χ0v) is 12.1. The van der Waals surface area contributed by atoms with Crippen LogP contribution in [0.15, 0.2) is 0 Å². The smallest absolute Gasteiger partial charge is 0.326 e. The van der Waals surface area contributed by atoms with Gasteiger partial charge in [0, 0.05) is 5.41 Å². The molecule has 0 aromatic heterocycles. The molecule has 3 N–H and O–H groups in total. The lowest BCUT2D eigenvalue weighted by Gasteiger charge is -2.18. The fourth-order valence-electron chi connectivity index (χ4n) is 1.34. The standard InChI is InChI=1S/C13H24N2O4/c1-5-6-7-9(11(17)18)15-10(16)8-14-12(19)13(2,3)4/h9H,5-8H2,1-4H3,(H,14,19)(H,15,16)(H,17,18)/t9-/m0/s1. The van der Waals surface area contributed by atoms with Gasteiger partial charge >= 0.3 is 5.97 Å². The van der Waals surface area contributed by atoms with Gasteiger partial charge in [0.1, 0.15) is 6.04 Å². The van der Waals surface area contributed by atoms with E-state index in [0.29, 0.717) is 6.42 Å². The van der Waals surface area contributed by atoms with Crippen LogP contribution >= 0.6 is 0 Å². The fourth-order valence-corrected chi connectivity index (χ4v) is 1.34. The van der Waals surface area contributed by atoms with Crippen molar-refractivity contribution in [1.29, 1.82) is 0 Å². The Morgan fingerprint density at radius 1 is 1.21 bits per heavy atom. The van der Waals surface area contributed by atoms with Gasteiger partial charge < -0.3 is 15.7 Å². The molecule has 0 fully saturated rings. The van der Waals surface area contributed by atoms with E-state index in [0.717, 1.165) is 12.8 Å². The van der Waals surface area contributed by atoms with Crippen LogP contribution < -0.4 is 10.6 Å². The first-order valence-corrected chi connectivity index (χ1v) is 6.49. The molecule has 19 heavy (non-hydrogen) atoms. The summed E-state index contributed by atoms with van der Waals surface area (Å²) in [5, 5.41) is 13.8. The average Bonchev–Trinajstić information content (AvgIpc) is 2.29. The number of carboxylic acid groups (broad SMARTS) is 1. The molecular weight excluding hydrogens is 248 g/mol. The second-order valence-corrected chi connectivity index (χ2v) is 5.53. The van der Waals surface area contributed by atoms with Crippen LogP contribution in [0.2, 0.25) is 0 Å². The van der Waals surface area contributed by atoms with Crippen molar-refractivity contribution in [3.8, 4) is 0 Å². The van der Waals surface area contributed by atoms with Gasteiger partial charge in [-0.15, -0.1) is 0 Å². The van der Waals surface area contributed by atoms with E-state index >= 15 is 0 Å². The number of aliphatic carboxylic acids is 1. The van der Waals surface area contributed by atoms with E-state index in [1.165, 1.54) is 0 Å². The fraction of sp³-hybridized carbons (Fsp3) is 0.769. The summed E-state index contributed by atoms with van der Waals surface area (Å²) in [6, 6.07) is -0.890. The van der Waals surface area contributed by atoms with Crippen LogP contribution in [0.25, 0.3) is 0 Å². The van der Waals surface area contributed by atoms with Crippen molar-refractivity contribution >= 4 is 17.8 Å². The van der Waals surface area contributed by atoms with Crippen molar-refractivity contribution in [1.82, 2.24) is 10.6 Å². The summed E-state index contributed by atoms with van der Waals surface area (Å²) < 4.78 is 0. The molecule has 0 aromatic rings. The zero-order chi connectivity index (χ0) is 15.1. The predicted molar refractivity (Wildman–Crippen MR) is 71.6 cm³/mol. The number of unbranched alkanes of at least 4 members (excludes halogenated alkanes) is 1. The topological polar surface area (TPSA) is 95.5 Å². The highest BCUT2D eigenvalue weighted by molar-refractivity contribution is 5.89. The molecule has 6 nitrogen and oxygen atoms in total. The first kappa shape index (κ1) is 17.4. The van der Waals surface area contributed by atoms with Gasteiger partial charge in [-0.05, 0) is 6.42 Å². The Labute approximate surface area is 113 Å². The lowest BCUT2D eigenvalue weighted by atomic mass is 9.96. The number of hydrogen-bond acceptors (Lipinski definition) is 3. The molecule has 110 valence electrons. The van der Waals surface area contributed by atoms with Crippen LogP contribution in [0, 0.1) is 5.41 Å². The van der Waals surface area contributed by atoms with Crippen LogP contribution in [0.3, 0.4) is 0 Å². The van der Waals surface area contributed by atoms with E-state index in [2.05, 4.69) is 10.6 Å². The summed E-state index contributed by atoms with van der Waals surface area (Å²) in [7, 11) is 0. The van der Waals surface area contributed by atoms with E-state index in [4.69, 9.17) is 5.11 Å². The van der Waals surface area contributed by atoms with Crippen molar-refractivity contribution in [2.24, 2.45) is 5.41 Å². The number of carboxylic acids is 1. The molecule has 0 unspecified atom stereocenters. The highest BCUT2D eigenvalue weighted by Gasteiger charge is 2.23. The summed E-state index contributed by atoms with van der Waals surface area (Å²) in [5.74, 6) is -1.78. The summed E-state index contributed by atoms with van der Waals surface area (Å²) in [6.45, 7) is 6.96. The number of carbonyl (C=O) groups is 3. The van der Waals surface area contributed by atoms with Gasteiger partial charge in [0.25, 0.3) is 0 Å². The van der Waals surface area contributed by atoms with Gasteiger partial charge in [0.2, 0.25) is 11.8 Å². The summed E-state index contributed by atoms with van der Waals surface area (Å²) in [5.41, 5.74) is -0.575. The second kappa shape index (κ2) is 7.76. The Bertz CT molecular complexity index is 334. The number of rotatable bonds is 7. The minimum atomic E-state index is -1.05. The number of nitrogens with one attached hydrogen (secondary N) is 2. The van der Waals surface area contributed by atoms with Crippen molar-refractivity contribution < 1.29 is 19.5 Å². The van der Waals surface area contributed by atoms with Gasteiger partial charge in [0.15, 0.2) is 0 Å². The molecule has 0 rings (SSSR count). The zero-order valence-electron chi connectivity index (χ0n) is 12.1. The predicted octanol–water partition coefficient (Wildman–Crippen LogP) is 0.908. The molecule has 0 aliphatic carbocycles. The Hall–Kier alpha value is -1.59. The van der Waals surface area contributed by atoms with Crippen LogP contribution in [-0.2, 0) is 14.4 Å². The number of carbonyl (C=O) groups excluding carboxylic acids is 2. The molecule has 0 spiro atoms. The first-order valence-electron chi connectivity index (χ1n) is 6.49. The third-order valence-electron chi connectivity index (χ3n) is 2.57. The minimum absolute atomic E-state index is 0.202.